The van der Waals surface area contributed by atoms with Crippen molar-refractivity contribution in [3.8, 4) is 11.3 Å². The van der Waals surface area contributed by atoms with Crippen molar-refractivity contribution in [1.29, 1.82) is 0 Å². The lowest BCUT2D eigenvalue weighted by atomic mass is 10.0. The zero-order chi connectivity index (χ0) is 20.4. The van der Waals surface area contributed by atoms with Crippen LogP contribution in [0.4, 0.5) is 5.69 Å². The van der Waals surface area contributed by atoms with Gasteiger partial charge in [-0.05, 0) is 49.2 Å². The van der Waals surface area contributed by atoms with Crippen LogP contribution in [0.3, 0.4) is 0 Å². The number of aromatic nitrogens is 3. The van der Waals surface area contributed by atoms with Crippen molar-refractivity contribution < 1.29 is 4.79 Å². The monoisotopic (exact) mass is 422 g/mol. The van der Waals surface area contributed by atoms with E-state index in [1.54, 1.807) is 22.8 Å². The van der Waals surface area contributed by atoms with Crippen LogP contribution in [0.1, 0.15) is 11.1 Å². The second kappa shape index (κ2) is 8.27. The normalized spacial score (nSPS) is 11.0. The molecule has 0 bridgehead atoms. The summed E-state index contributed by atoms with van der Waals surface area (Å²) in [6.45, 7) is 4.18. The number of anilines is 1. The average Bonchev–Trinajstić information content (AvgIpc) is 3.15. The fourth-order valence-corrected chi connectivity index (χ4v) is 3.89. The number of carbonyl (C=O) groups is 1. The first-order valence-electron chi connectivity index (χ1n) is 9.10. The van der Waals surface area contributed by atoms with Gasteiger partial charge in [0.05, 0.1) is 27.7 Å². The minimum absolute atomic E-state index is 0.138. The molecule has 2 aromatic carbocycles. The van der Waals surface area contributed by atoms with Crippen molar-refractivity contribution in [2.45, 2.75) is 18.9 Å². The van der Waals surface area contributed by atoms with Crippen LogP contribution in [0.15, 0.2) is 66.0 Å². The van der Waals surface area contributed by atoms with Crippen molar-refractivity contribution in [3.63, 3.8) is 0 Å². The molecule has 0 spiro atoms. The van der Waals surface area contributed by atoms with Gasteiger partial charge < -0.3 is 5.32 Å². The zero-order valence-electron chi connectivity index (χ0n) is 16.0. The Balaban J connectivity index is 1.53. The van der Waals surface area contributed by atoms with Gasteiger partial charge in [-0.2, -0.15) is 5.10 Å². The van der Waals surface area contributed by atoms with E-state index in [1.807, 2.05) is 24.4 Å². The summed E-state index contributed by atoms with van der Waals surface area (Å²) in [6.07, 6.45) is 3.51. The van der Waals surface area contributed by atoms with Gasteiger partial charge in [0, 0.05) is 18.0 Å². The maximum Gasteiger partial charge on any atom is 0.234 e. The van der Waals surface area contributed by atoms with Crippen LogP contribution in [0.25, 0.3) is 16.8 Å². The molecule has 0 saturated heterocycles. The maximum atomic E-state index is 12.3. The first kappa shape index (κ1) is 19.5. The summed E-state index contributed by atoms with van der Waals surface area (Å²) in [5.74, 6) is 0.0861. The zero-order valence-corrected chi connectivity index (χ0v) is 17.6. The first-order valence-corrected chi connectivity index (χ1v) is 10.5. The van der Waals surface area contributed by atoms with Crippen LogP contribution in [-0.4, -0.2) is 26.3 Å². The molecular weight excluding hydrogens is 404 g/mol. The van der Waals surface area contributed by atoms with Gasteiger partial charge in [0.2, 0.25) is 5.91 Å². The largest absolute Gasteiger partial charge is 0.324 e. The Hall–Kier alpha value is -2.83. The first-order chi connectivity index (χ1) is 14.0. The van der Waals surface area contributed by atoms with E-state index < -0.39 is 0 Å². The summed E-state index contributed by atoms with van der Waals surface area (Å²) in [7, 11) is 0. The van der Waals surface area contributed by atoms with Crippen molar-refractivity contribution >= 4 is 40.5 Å². The molecule has 5 nitrogen and oxygen atoms in total. The number of benzene rings is 2. The van der Waals surface area contributed by atoms with E-state index >= 15 is 0 Å². The Morgan fingerprint density at radius 1 is 1.14 bits per heavy atom. The Morgan fingerprint density at radius 3 is 2.76 bits per heavy atom. The fourth-order valence-electron chi connectivity index (χ4n) is 2.93. The van der Waals surface area contributed by atoms with Crippen LogP contribution in [0.2, 0.25) is 5.02 Å². The number of hydrogen-bond acceptors (Lipinski definition) is 4. The van der Waals surface area contributed by atoms with Crippen LogP contribution in [0, 0.1) is 13.8 Å². The van der Waals surface area contributed by atoms with Gasteiger partial charge in [-0.1, -0.05) is 47.6 Å². The number of carbonyl (C=O) groups excluding carboxylic acids is 1. The highest BCUT2D eigenvalue weighted by atomic mass is 35.5. The van der Waals surface area contributed by atoms with Gasteiger partial charge in [0.15, 0.2) is 0 Å². The molecule has 1 N–H and O–H groups in total. The summed E-state index contributed by atoms with van der Waals surface area (Å²) in [4.78, 5) is 16.8. The molecule has 146 valence electrons. The van der Waals surface area contributed by atoms with Crippen LogP contribution >= 0.6 is 23.4 Å². The molecule has 0 aliphatic rings. The van der Waals surface area contributed by atoms with Crippen LogP contribution in [0.5, 0.6) is 0 Å². The predicted octanol–water partition coefficient (Wildman–Crippen LogP) is 5.40. The highest BCUT2D eigenvalue weighted by molar-refractivity contribution is 8.00. The number of hydrogen-bond donors (Lipinski definition) is 1. The van der Waals surface area contributed by atoms with E-state index in [1.165, 1.54) is 22.9 Å². The lowest BCUT2D eigenvalue weighted by Crippen LogP contribution is -2.14. The molecule has 7 heteroatoms. The van der Waals surface area contributed by atoms with Crippen molar-refractivity contribution in [2.24, 2.45) is 0 Å². The lowest BCUT2D eigenvalue weighted by molar-refractivity contribution is -0.113. The Morgan fingerprint density at radius 2 is 1.97 bits per heavy atom. The molecule has 1 amide bonds. The molecule has 0 aliphatic carbocycles. The number of amides is 1. The summed E-state index contributed by atoms with van der Waals surface area (Å²) >= 11 is 7.47. The van der Waals surface area contributed by atoms with E-state index in [-0.39, 0.29) is 11.7 Å². The molecule has 0 fully saturated rings. The molecule has 4 rings (SSSR count). The van der Waals surface area contributed by atoms with E-state index in [2.05, 4.69) is 47.4 Å². The van der Waals surface area contributed by atoms with Gasteiger partial charge in [0.25, 0.3) is 0 Å². The number of nitrogens with zero attached hydrogens (tertiary/aromatic N) is 3. The summed E-state index contributed by atoms with van der Waals surface area (Å²) in [5.41, 5.74) is 5.89. The van der Waals surface area contributed by atoms with Crippen LogP contribution < -0.4 is 5.32 Å². The highest BCUT2D eigenvalue weighted by Crippen LogP contribution is 2.27. The van der Waals surface area contributed by atoms with E-state index in [9.17, 15) is 4.79 Å². The SMILES string of the molecule is Cc1ccc(-c2cc3c(SCC(=O)Nc4ccccc4Cl)nccn3n2)cc1C. The van der Waals surface area contributed by atoms with Gasteiger partial charge in [-0.25, -0.2) is 9.50 Å². The number of rotatable bonds is 5. The standard InChI is InChI=1S/C22H19ClN4OS/c1-14-7-8-16(11-15(14)2)19-12-20-22(24-9-10-27(20)26-19)29-13-21(28)25-18-6-4-3-5-17(18)23/h3-12H,13H2,1-2H3,(H,25,28). The molecule has 29 heavy (non-hydrogen) atoms. The summed E-state index contributed by atoms with van der Waals surface area (Å²) in [6, 6.07) is 15.5. The second-order valence-electron chi connectivity index (χ2n) is 6.71. The number of nitrogens with one attached hydrogen (secondary N) is 1. The fraction of sp³-hybridized carbons (Fsp3) is 0.136. The third-order valence-electron chi connectivity index (χ3n) is 4.65. The molecule has 0 atom stereocenters. The predicted molar refractivity (Wildman–Crippen MR) is 119 cm³/mol. The molecular formula is C22H19ClN4OS. The topological polar surface area (TPSA) is 59.3 Å². The minimum Gasteiger partial charge on any atom is -0.324 e. The number of aryl methyl sites for hydroxylation is 2. The lowest BCUT2D eigenvalue weighted by Gasteiger charge is -2.07. The number of halogens is 1. The number of para-hydroxylation sites is 1. The highest BCUT2D eigenvalue weighted by Gasteiger charge is 2.12. The van der Waals surface area contributed by atoms with Crippen LogP contribution in [-0.2, 0) is 4.79 Å². The third kappa shape index (κ3) is 4.28. The minimum atomic E-state index is -0.138. The van der Waals surface area contributed by atoms with Crippen molar-refractivity contribution in [2.75, 3.05) is 11.1 Å². The molecule has 4 aromatic rings. The van der Waals surface area contributed by atoms with Crippen molar-refractivity contribution in [3.05, 3.63) is 77.1 Å². The smallest absolute Gasteiger partial charge is 0.234 e. The Labute approximate surface area is 178 Å². The van der Waals surface area contributed by atoms with Gasteiger partial charge in [0.1, 0.15) is 5.03 Å². The Bertz CT molecular complexity index is 1200. The molecule has 0 unspecified atom stereocenters. The second-order valence-corrected chi connectivity index (χ2v) is 8.08. The van der Waals surface area contributed by atoms with E-state index in [4.69, 9.17) is 11.6 Å². The Kier molecular flexibility index (Phi) is 5.56. The third-order valence-corrected chi connectivity index (χ3v) is 5.97. The van der Waals surface area contributed by atoms with E-state index in [0.717, 1.165) is 21.8 Å². The average molecular weight is 423 g/mol. The quantitative estimate of drug-likeness (QED) is 0.437. The van der Waals surface area contributed by atoms with Gasteiger partial charge in [-0.3, -0.25) is 4.79 Å². The number of fused-ring (bicyclic) bond motifs is 1. The van der Waals surface area contributed by atoms with Crippen molar-refractivity contribution in [1.82, 2.24) is 14.6 Å². The van der Waals surface area contributed by atoms with Gasteiger partial charge >= 0.3 is 0 Å². The molecule has 0 aliphatic heterocycles. The van der Waals surface area contributed by atoms with E-state index in [0.29, 0.717) is 10.7 Å². The molecule has 2 heterocycles. The molecule has 2 aromatic heterocycles. The molecule has 0 saturated carbocycles. The summed E-state index contributed by atoms with van der Waals surface area (Å²) < 4.78 is 1.80. The summed E-state index contributed by atoms with van der Waals surface area (Å²) in [5, 5.41) is 8.76. The van der Waals surface area contributed by atoms with Gasteiger partial charge in [-0.15, -0.1) is 0 Å². The maximum absolute atomic E-state index is 12.3. The number of thioether (sulfide) groups is 1. The molecule has 0 radical (unpaired) electrons.